The summed E-state index contributed by atoms with van der Waals surface area (Å²) >= 11 is 4.36. The second-order valence-electron chi connectivity index (χ2n) is 10.7. The highest BCUT2D eigenvalue weighted by molar-refractivity contribution is 7.80. The van der Waals surface area contributed by atoms with Gasteiger partial charge in [-0.1, -0.05) is 99.7 Å². The van der Waals surface area contributed by atoms with Crippen LogP contribution in [0.25, 0.3) is 0 Å². The maximum Gasteiger partial charge on any atom is 0.408 e. The Hall–Kier alpha value is -3.00. The van der Waals surface area contributed by atoms with Gasteiger partial charge >= 0.3 is 6.09 Å². The van der Waals surface area contributed by atoms with E-state index < -0.39 is 23.8 Å². The topological polar surface area (TPSA) is 87.7 Å². The SMILES string of the molecule is CCCCCCCCN(C(=O)C(CS)NC(=O)OC(C)(C)C)C(C(=O)NCc1ccccc1)c1ccccc1. The van der Waals surface area contributed by atoms with Crippen molar-refractivity contribution in [2.75, 3.05) is 12.3 Å². The summed E-state index contributed by atoms with van der Waals surface area (Å²) < 4.78 is 5.38. The summed E-state index contributed by atoms with van der Waals surface area (Å²) in [7, 11) is 0. The van der Waals surface area contributed by atoms with E-state index in [0.717, 1.165) is 37.7 Å². The molecule has 2 atom stereocenters. The van der Waals surface area contributed by atoms with Gasteiger partial charge in [0.05, 0.1) is 0 Å². The first-order chi connectivity index (χ1) is 18.7. The molecule has 0 spiro atoms. The summed E-state index contributed by atoms with van der Waals surface area (Å²) in [5.74, 6) is -0.578. The van der Waals surface area contributed by atoms with Crippen molar-refractivity contribution in [2.24, 2.45) is 0 Å². The second-order valence-corrected chi connectivity index (χ2v) is 11.1. The van der Waals surface area contributed by atoms with Crippen LogP contribution in [0.5, 0.6) is 0 Å². The highest BCUT2D eigenvalue weighted by Gasteiger charge is 2.35. The fourth-order valence-electron chi connectivity index (χ4n) is 4.25. The molecule has 2 unspecified atom stereocenters. The number of carbonyl (C=O) groups excluding carboxylic acids is 3. The van der Waals surface area contributed by atoms with Crippen LogP contribution < -0.4 is 10.6 Å². The number of rotatable bonds is 15. The average Bonchev–Trinajstić information content (AvgIpc) is 2.91. The van der Waals surface area contributed by atoms with Gasteiger partial charge in [0.15, 0.2) is 0 Å². The molecular formula is C31H45N3O4S. The molecule has 0 aliphatic carbocycles. The van der Waals surface area contributed by atoms with Crippen molar-refractivity contribution >= 4 is 30.5 Å². The minimum absolute atomic E-state index is 0.0677. The number of hydrogen-bond acceptors (Lipinski definition) is 5. The molecule has 2 rings (SSSR count). The van der Waals surface area contributed by atoms with Crippen molar-refractivity contribution in [3.05, 3.63) is 71.8 Å². The van der Waals surface area contributed by atoms with Crippen LogP contribution in [0.1, 0.15) is 83.4 Å². The number of alkyl carbamates (subject to hydrolysis) is 1. The van der Waals surface area contributed by atoms with Gasteiger partial charge in [-0.2, -0.15) is 12.6 Å². The standard InChI is InChI=1S/C31H45N3O4S/c1-5-6-7-8-9-16-21-34(29(36)26(23-39)33-30(37)38-31(2,3)4)27(25-19-14-11-15-20-25)28(35)32-22-24-17-12-10-13-18-24/h10-15,17-20,26-27,39H,5-9,16,21-23H2,1-4H3,(H,32,35)(H,33,37). The Morgan fingerprint density at radius 1 is 0.897 bits per heavy atom. The molecule has 0 aliphatic heterocycles. The van der Waals surface area contributed by atoms with Gasteiger partial charge in [0.25, 0.3) is 0 Å². The fraction of sp³-hybridized carbons (Fsp3) is 0.516. The third kappa shape index (κ3) is 11.7. The summed E-state index contributed by atoms with van der Waals surface area (Å²) in [5.41, 5.74) is 0.958. The lowest BCUT2D eigenvalue weighted by Gasteiger charge is -2.34. The van der Waals surface area contributed by atoms with E-state index in [2.05, 4.69) is 30.2 Å². The van der Waals surface area contributed by atoms with Gasteiger partial charge in [0.1, 0.15) is 17.7 Å². The van der Waals surface area contributed by atoms with E-state index >= 15 is 0 Å². The molecule has 0 radical (unpaired) electrons. The highest BCUT2D eigenvalue weighted by atomic mass is 32.1. The average molecular weight is 556 g/mol. The summed E-state index contributed by atoms with van der Waals surface area (Å²) in [4.78, 5) is 41.8. The normalized spacial score (nSPS) is 12.7. The van der Waals surface area contributed by atoms with Gasteiger partial charge in [-0.3, -0.25) is 9.59 Å². The number of nitrogens with one attached hydrogen (secondary N) is 2. The number of amides is 3. The molecule has 0 saturated carbocycles. The number of thiol groups is 1. The minimum Gasteiger partial charge on any atom is -0.444 e. The Bertz CT molecular complexity index is 1010. The van der Waals surface area contributed by atoms with Crippen LogP contribution in [0.4, 0.5) is 4.79 Å². The summed E-state index contributed by atoms with van der Waals surface area (Å²) in [6.07, 6.45) is 5.54. The molecule has 7 nitrogen and oxygen atoms in total. The van der Waals surface area contributed by atoms with Crippen LogP contribution in [0.15, 0.2) is 60.7 Å². The molecular weight excluding hydrogens is 510 g/mol. The monoisotopic (exact) mass is 555 g/mol. The fourth-order valence-corrected chi connectivity index (χ4v) is 4.50. The first-order valence-electron chi connectivity index (χ1n) is 13.9. The Balaban J connectivity index is 2.32. The van der Waals surface area contributed by atoms with Crippen molar-refractivity contribution < 1.29 is 19.1 Å². The first kappa shape index (κ1) is 32.2. The number of benzene rings is 2. The smallest absolute Gasteiger partial charge is 0.408 e. The third-order valence-electron chi connectivity index (χ3n) is 6.19. The summed E-state index contributed by atoms with van der Waals surface area (Å²) in [6, 6.07) is 17.1. The van der Waals surface area contributed by atoms with E-state index in [1.165, 1.54) is 6.42 Å². The maximum atomic E-state index is 14.0. The molecule has 0 bridgehead atoms. The van der Waals surface area contributed by atoms with Gasteiger partial charge in [-0.25, -0.2) is 4.79 Å². The van der Waals surface area contributed by atoms with E-state index in [0.29, 0.717) is 18.7 Å². The maximum absolute atomic E-state index is 14.0. The van der Waals surface area contributed by atoms with Gasteiger partial charge < -0.3 is 20.3 Å². The molecule has 39 heavy (non-hydrogen) atoms. The molecule has 0 saturated heterocycles. The van der Waals surface area contributed by atoms with E-state index in [1.54, 1.807) is 25.7 Å². The molecule has 2 aromatic carbocycles. The molecule has 3 amide bonds. The molecule has 214 valence electrons. The predicted molar refractivity (Wildman–Crippen MR) is 160 cm³/mol. The molecule has 0 fully saturated rings. The van der Waals surface area contributed by atoms with Crippen LogP contribution in [0, 0.1) is 0 Å². The minimum atomic E-state index is -0.948. The predicted octanol–water partition coefficient (Wildman–Crippen LogP) is 6.06. The van der Waals surface area contributed by atoms with Crippen molar-refractivity contribution in [2.45, 2.75) is 90.4 Å². The van der Waals surface area contributed by atoms with Crippen molar-refractivity contribution in [1.29, 1.82) is 0 Å². The zero-order valence-corrected chi connectivity index (χ0v) is 24.7. The van der Waals surface area contributed by atoms with Crippen LogP contribution in [-0.2, 0) is 20.9 Å². The van der Waals surface area contributed by atoms with E-state index in [-0.39, 0.29) is 17.6 Å². The molecule has 0 aliphatic rings. The second kappa shape index (κ2) is 16.9. The molecule has 2 aromatic rings. The largest absolute Gasteiger partial charge is 0.444 e. The first-order valence-corrected chi connectivity index (χ1v) is 14.6. The quantitative estimate of drug-likeness (QED) is 0.184. The summed E-state index contributed by atoms with van der Waals surface area (Å²) in [6.45, 7) is 8.18. The number of nitrogens with zero attached hydrogens (tertiary/aromatic N) is 1. The number of carbonyl (C=O) groups is 3. The molecule has 2 N–H and O–H groups in total. The zero-order chi connectivity index (χ0) is 28.7. The Kier molecular flexibility index (Phi) is 13.9. The Labute approximate surface area is 239 Å². The van der Waals surface area contributed by atoms with Crippen LogP contribution in [0.3, 0.4) is 0 Å². The lowest BCUT2D eigenvalue weighted by molar-refractivity contribution is -0.142. The molecule has 0 aromatic heterocycles. The molecule has 0 heterocycles. The van der Waals surface area contributed by atoms with Gasteiger partial charge in [0, 0.05) is 18.8 Å². The number of unbranched alkanes of at least 4 members (excludes halogenated alkanes) is 5. The van der Waals surface area contributed by atoms with E-state index in [4.69, 9.17) is 4.74 Å². The Morgan fingerprint density at radius 3 is 2.08 bits per heavy atom. The van der Waals surface area contributed by atoms with Crippen molar-refractivity contribution in [3.8, 4) is 0 Å². The zero-order valence-electron chi connectivity index (χ0n) is 23.8. The van der Waals surface area contributed by atoms with Crippen molar-refractivity contribution in [3.63, 3.8) is 0 Å². The van der Waals surface area contributed by atoms with Crippen LogP contribution >= 0.6 is 12.6 Å². The number of ether oxygens (including phenoxy) is 1. The number of hydrogen-bond donors (Lipinski definition) is 3. The Morgan fingerprint density at radius 2 is 1.49 bits per heavy atom. The van der Waals surface area contributed by atoms with Crippen LogP contribution in [-0.4, -0.2) is 46.7 Å². The van der Waals surface area contributed by atoms with E-state index in [9.17, 15) is 14.4 Å². The third-order valence-corrected chi connectivity index (χ3v) is 6.56. The van der Waals surface area contributed by atoms with Gasteiger partial charge in [0.2, 0.25) is 11.8 Å². The highest BCUT2D eigenvalue weighted by Crippen LogP contribution is 2.24. The van der Waals surface area contributed by atoms with Crippen LogP contribution in [0.2, 0.25) is 0 Å². The molecule has 8 heteroatoms. The lowest BCUT2D eigenvalue weighted by atomic mass is 10.0. The van der Waals surface area contributed by atoms with Gasteiger partial charge in [-0.05, 0) is 38.3 Å². The van der Waals surface area contributed by atoms with Crippen molar-refractivity contribution in [1.82, 2.24) is 15.5 Å². The van der Waals surface area contributed by atoms with Gasteiger partial charge in [-0.15, -0.1) is 0 Å². The summed E-state index contributed by atoms with van der Waals surface area (Å²) in [5, 5.41) is 5.68. The lowest BCUT2D eigenvalue weighted by Crippen LogP contribution is -2.54. The van der Waals surface area contributed by atoms with E-state index in [1.807, 2.05) is 60.7 Å².